The van der Waals surface area contributed by atoms with Crippen LogP contribution in [-0.4, -0.2) is 51.0 Å². The van der Waals surface area contributed by atoms with Crippen molar-refractivity contribution in [1.29, 1.82) is 0 Å². The van der Waals surface area contributed by atoms with Crippen LogP contribution >= 0.6 is 0 Å². The van der Waals surface area contributed by atoms with Crippen LogP contribution < -0.4 is 5.32 Å². The van der Waals surface area contributed by atoms with E-state index in [0.717, 1.165) is 6.54 Å². The van der Waals surface area contributed by atoms with Crippen molar-refractivity contribution in [3.8, 4) is 0 Å². The summed E-state index contributed by atoms with van der Waals surface area (Å²) < 4.78 is 4.95. The van der Waals surface area contributed by atoms with E-state index in [4.69, 9.17) is 12.6 Å². The number of nitrogens with one attached hydrogen (secondary N) is 1. The van der Waals surface area contributed by atoms with Gasteiger partial charge in [0, 0.05) is 6.54 Å². The largest absolute Gasteiger partial charge is 0.443 e. The molecule has 1 heterocycles. The first-order chi connectivity index (χ1) is 5.76. The third-order valence-corrected chi connectivity index (χ3v) is 1.92. The number of carbonyl (C=O) groups is 1. The molecule has 0 aromatic rings. The molecule has 0 aromatic carbocycles. The van der Waals surface area contributed by atoms with Crippen LogP contribution in [-0.2, 0) is 4.74 Å². The molecule has 0 saturated carbocycles. The lowest BCUT2D eigenvalue weighted by atomic mass is 10.1. The zero-order chi connectivity index (χ0) is 8.97. The van der Waals surface area contributed by atoms with Crippen LogP contribution in [0.4, 0.5) is 4.79 Å². The minimum Gasteiger partial charge on any atom is -0.443 e. The number of cyclic esters (lactones) is 1. The van der Waals surface area contributed by atoms with E-state index in [1.807, 2.05) is 11.8 Å². The standard InChI is InChI=1S/C7H13BN2O2/c1-2-10(5-8)4-6-3-9-7(11)12-6/h6H,2-5H2,1H3,(H,9,11). The zero-order valence-corrected chi connectivity index (χ0v) is 7.25. The summed E-state index contributed by atoms with van der Waals surface area (Å²) in [6, 6.07) is 0. The van der Waals surface area contributed by atoms with E-state index in [9.17, 15) is 4.79 Å². The van der Waals surface area contributed by atoms with E-state index >= 15 is 0 Å². The van der Waals surface area contributed by atoms with Gasteiger partial charge in [-0.1, -0.05) is 6.92 Å². The highest BCUT2D eigenvalue weighted by atomic mass is 16.6. The quantitative estimate of drug-likeness (QED) is 0.577. The van der Waals surface area contributed by atoms with Gasteiger partial charge in [0.2, 0.25) is 0 Å². The number of ether oxygens (including phenoxy) is 1. The van der Waals surface area contributed by atoms with E-state index in [-0.39, 0.29) is 12.2 Å². The lowest BCUT2D eigenvalue weighted by molar-refractivity contribution is 0.116. The predicted octanol–water partition coefficient (Wildman–Crippen LogP) is -0.457. The van der Waals surface area contributed by atoms with E-state index < -0.39 is 0 Å². The highest BCUT2D eigenvalue weighted by Gasteiger charge is 2.23. The summed E-state index contributed by atoms with van der Waals surface area (Å²) in [7, 11) is 5.46. The minimum absolute atomic E-state index is 0.0407. The molecule has 1 aliphatic rings. The van der Waals surface area contributed by atoms with Gasteiger partial charge in [-0.3, -0.25) is 0 Å². The molecule has 1 amide bonds. The Morgan fingerprint density at radius 3 is 3.00 bits per heavy atom. The molecule has 1 N–H and O–H groups in total. The molecule has 1 rings (SSSR count). The Balaban J connectivity index is 2.26. The van der Waals surface area contributed by atoms with E-state index in [2.05, 4.69) is 5.32 Å². The van der Waals surface area contributed by atoms with Gasteiger partial charge in [-0.05, 0) is 13.0 Å². The van der Waals surface area contributed by atoms with Crippen molar-refractivity contribution >= 4 is 13.9 Å². The number of hydrogen-bond acceptors (Lipinski definition) is 3. The summed E-state index contributed by atoms with van der Waals surface area (Å²) in [6.07, 6.45) is 0.138. The number of likely N-dealkylation sites (N-methyl/N-ethyl adjacent to an activating group) is 1. The van der Waals surface area contributed by atoms with Crippen molar-refractivity contribution < 1.29 is 9.53 Å². The molecule has 1 saturated heterocycles. The van der Waals surface area contributed by atoms with Gasteiger partial charge in [0.25, 0.3) is 0 Å². The Morgan fingerprint density at radius 2 is 2.58 bits per heavy atom. The molecule has 1 unspecified atom stereocenters. The Bertz CT molecular complexity index is 161. The maximum Gasteiger partial charge on any atom is 0.407 e. The number of amides is 1. The summed E-state index contributed by atoms with van der Waals surface area (Å²) in [5, 5.41) is 2.59. The molecule has 66 valence electrons. The maximum absolute atomic E-state index is 10.6. The first-order valence-corrected chi connectivity index (χ1v) is 4.13. The lowest BCUT2D eigenvalue weighted by Crippen LogP contribution is -2.35. The number of rotatable bonds is 4. The first-order valence-electron chi connectivity index (χ1n) is 4.13. The van der Waals surface area contributed by atoms with Gasteiger partial charge in [0.1, 0.15) is 6.10 Å². The van der Waals surface area contributed by atoms with Crippen molar-refractivity contribution in [3.63, 3.8) is 0 Å². The molecular formula is C7H13BN2O2. The molecule has 1 aliphatic heterocycles. The normalized spacial score (nSPS) is 22.5. The molecule has 1 atom stereocenters. The fraction of sp³-hybridized carbons (Fsp3) is 0.857. The maximum atomic E-state index is 10.6. The average molecular weight is 168 g/mol. The molecule has 4 nitrogen and oxygen atoms in total. The van der Waals surface area contributed by atoms with Crippen LogP contribution in [0.1, 0.15) is 6.92 Å². The number of alkyl carbamates (subject to hydrolysis) is 1. The minimum atomic E-state index is -0.326. The van der Waals surface area contributed by atoms with Crippen molar-refractivity contribution in [2.45, 2.75) is 13.0 Å². The lowest BCUT2D eigenvalue weighted by Gasteiger charge is -2.20. The molecule has 0 bridgehead atoms. The second-order valence-electron chi connectivity index (χ2n) is 2.76. The first kappa shape index (κ1) is 9.38. The van der Waals surface area contributed by atoms with Crippen LogP contribution in [0.2, 0.25) is 0 Å². The van der Waals surface area contributed by atoms with Gasteiger partial charge < -0.3 is 15.0 Å². The molecule has 2 radical (unpaired) electrons. The van der Waals surface area contributed by atoms with E-state index in [1.54, 1.807) is 0 Å². The highest BCUT2D eigenvalue weighted by Crippen LogP contribution is 2.01. The third kappa shape index (κ3) is 2.41. The number of carbonyl (C=O) groups excluding carboxylic acids is 1. The van der Waals surface area contributed by atoms with Crippen LogP contribution in [0.25, 0.3) is 0 Å². The van der Waals surface area contributed by atoms with Crippen molar-refractivity contribution in [2.24, 2.45) is 0 Å². The van der Waals surface area contributed by atoms with Crippen LogP contribution in [0, 0.1) is 0 Å². The van der Waals surface area contributed by atoms with Crippen LogP contribution in [0.15, 0.2) is 0 Å². The van der Waals surface area contributed by atoms with Gasteiger partial charge in [0.05, 0.1) is 14.4 Å². The monoisotopic (exact) mass is 168 g/mol. The fourth-order valence-corrected chi connectivity index (χ4v) is 1.15. The molecule has 0 aliphatic carbocycles. The summed E-state index contributed by atoms with van der Waals surface area (Å²) in [4.78, 5) is 12.6. The van der Waals surface area contributed by atoms with Gasteiger partial charge in [-0.2, -0.15) is 0 Å². The summed E-state index contributed by atoms with van der Waals surface area (Å²) in [5.41, 5.74) is 0. The second kappa shape index (κ2) is 4.35. The molecule has 1 fully saturated rings. The zero-order valence-electron chi connectivity index (χ0n) is 7.25. The summed E-state index contributed by atoms with van der Waals surface area (Å²) in [5.74, 6) is 0. The molecule has 12 heavy (non-hydrogen) atoms. The predicted molar refractivity (Wildman–Crippen MR) is 46.1 cm³/mol. The highest BCUT2D eigenvalue weighted by molar-refractivity contribution is 6.08. The molecule has 0 aromatic heterocycles. The van der Waals surface area contributed by atoms with Crippen molar-refractivity contribution in [1.82, 2.24) is 10.2 Å². The van der Waals surface area contributed by atoms with E-state index in [0.29, 0.717) is 19.5 Å². The molecule has 5 heteroatoms. The Kier molecular flexibility index (Phi) is 3.40. The van der Waals surface area contributed by atoms with Gasteiger partial charge in [-0.25, -0.2) is 4.79 Å². The van der Waals surface area contributed by atoms with Crippen molar-refractivity contribution in [3.05, 3.63) is 0 Å². The van der Waals surface area contributed by atoms with Crippen LogP contribution in [0.5, 0.6) is 0 Å². The third-order valence-electron chi connectivity index (χ3n) is 1.92. The Morgan fingerprint density at radius 1 is 1.83 bits per heavy atom. The van der Waals surface area contributed by atoms with Gasteiger partial charge >= 0.3 is 6.09 Å². The molecule has 0 spiro atoms. The molecular weight excluding hydrogens is 155 g/mol. The van der Waals surface area contributed by atoms with Gasteiger partial charge in [-0.15, -0.1) is 0 Å². The van der Waals surface area contributed by atoms with Gasteiger partial charge in [0.15, 0.2) is 0 Å². The van der Waals surface area contributed by atoms with Crippen LogP contribution in [0.3, 0.4) is 0 Å². The number of nitrogens with zero attached hydrogens (tertiary/aromatic N) is 1. The summed E-state index contributed by atoms with van der Waals surface area (Å²) in [6.45, 7) is 4.21. The topological polar surface area (TPSA) is 41.6 Å². The SMILES string of the molecule is [B]CN(CC)CC1CNC(=O)O1. The number of hydrogen-bond donors (Lipinski definition) is 1. The van der Waals surface area contributed by atoms with Crippen molar-refractivity contribution in [2.75, 3.05) is 26.1 Å². The Labute approximate surface area is 73.7 Å². The second-order valence-corrected chi connectivity index (χ2v) is 2.76. The van der Waals surface area contributed by atoms with E-state index in [1.165, 1.54) is 0 Å². The fourth-order valence-electron chi connectivity index (χ4n) is 1.15. The Hall–Kier alpha value is -0.705. The average Bonchev–Trinajstić information content (AvgIpc) is 2.47. The smallest absolute Gasteiger partial charge is 0.407 e. The summed E-state index contributed by atoms with van der Waals surface area (Å²) >= 11 is 0.